The van der Waals surface area contributed by atoms with Crippen LogP contribution < -0.4 is 21.3 Å². The third kappa shape index (κ3) is 32.5. The molecule has 21 nitrogen and oxygen atoms in total. The zero-order chi connectivity index (χ0) is 80.1. The second-order valence-electron chi connectivity index (χ2n) is 31.2. The Bertz CT molecular complexity index is 4410. The first-order valence-corrected chi connectivity index (χ1v) is 42.0. The second-order valence-corrected chi connectivity index (χ2v) is 32.9. The number of β-amino-alcohol motifs (C(OH)–C–C–N with tert-alkyl or cyclic N) is 2. The topological polar surface area (TPSA) is 263 Å². The number of carbonyl (C=O) groups is 4. The number of nitrogens with one attached hydrogen (secondary N) is 5. The Morgan fingerprint density at radius 1 is 0.496 bits per heavy atom. The van der Waals surface area contributed by atoms with Crippen LogP contribution in [0.1, 0.15) is 183 Å². The van der Waals surface area contributed by atoms with E-state index in [4.69, 9.17) is 9.97 Å². The Balaban J connectivity index is 0. The van der Waals surface area contributed by atoms with Crippen LogP contribution in [0.5, 0.6) is 0 Å². The molecule has 9 aromatic rings. The van der Waals surface area contributed by atoms with E-state index in [2.05, 4.69) is 140 Å². The van der Waals surface area contributed by atoms with Gasteiger partial charge in [-0.15, -0.1) is 22.7 Å². The number of rotatable bonds is 22. The van der Waals surface area contributed by atoms with Gasteiger partial charge in [-0.1, -0.05) is 180 Å². The number of carbonyl (C=O) groups excluding carboxylic acids is 4. The molecule has 676 valence electrons. The van der Waals surface area contributed by atoms with Crippen LogP contribution in [0, 0.1) is 36.5 Å². The summed E-state index contributed by atoms with van der Waals surface area (Å²) >= 11 is 3.22. The lowest BCUT2D eigenvalue weighted by Gasteiger charge is -2.38. The number of hydrogen-bond donors (Lipinski definition) is 7. The zero-order valence-electron chi connectivity index (χ0n) is 73.3. The van der Waals surface area contributed by atoms with Gasteiger partial charge in [0.2, 0.25) is 35.5 Å². The Morgan fingerprint density at radius 2 is 0.884 bits per heavy atom. The van der Waals surface area contributed by atoms with E-state index < -0.39 is 24.3 Å². The average molecular weight is 1890 g/mol. The summed E-state index contributed by atoms with van der Waals surface area (Å²) in [5.41, 5.74) is 14.0. The molecule has 4 aliphatic rings. The molecule has 4 saturated heterocycles. The molecule has 4 fully saturated rings. The van der Waals surface area contributed by atoms with E-state index in [1.807, 2.05) is 159 Å². The molecule has 0 unspecified atom stereocenters. The summed E-state index contributed by atoms with van der Waals surface area (Å²) < 4.78 is 0. The molecule has 121 heavy (non-hydrogen) atoms. The molecule has 4 aliphatic heterocycles. The van der Waals surface area contributed by atoms with Gasteiger partial charge in [0.15, 0.2) is 0 Å². The maximum atomic E-state index is 14.4. The number of thiazole rings is 2. The summed E-state index contributed by atoms with van der Waals surface area (Å²) in [4.78, 5) is 97.3. The first kappa shape index (κ1) is 118. The van der Waals surface area contributed by atoms with E-state index >= 15 is 0 Å². The number of para-hydroxylation sites is 1. The van der Waals surface area contributed by atoms with Gasteiger partial charge < -0.3 is 56.1 Å². The van der Waals surface area contributed by atoms with Gasteiger partial charge in [0.1, 0.15) is 12.1 Å². The molecule has 4 aromatic carbocycles. The average Bonchev–Trinajstić information content (AvgIpc) is 1.70. The number of fused-ring (bicyclic) bond motifs is 1. The number of aromatic nitrogens is 7. The zero-order valence-corrected chi connectivity index (χ0v) is 84.9. The molecule has 4 amide bonds. The number of aromatic amines is 1. The minimum atomic E-state index is -0.742. The van der Waals surface area contributed by atoms with Crippen molar-refractivity contribution in [3.8, 4) is 43.5 Å². The molecule has 0 aliphatic carbocycles. The quantitative estimate of drug-likeness (QED) is 0.0333. The molecular weight excluding hydrogens is 1750 g/mol. The van der Waals surface area contributed by atoms with Crippen LogP contribution in [0.15, 0.2) is 145 Å². The number of piperidine rings is 2. The summed E-state index contributed by atoms with van der Waals surface area (Å²) in [6, 6.07) is 39.0. The first-order chi connectivity index (χ1) is 53.4. The molecule has 7 N–H and O–H groups in total. The lowest BCUT2D eigenvalue weighted by Crippen LogP contribution is -2.51. The smallest absolute Gasteiger partial charge is 0.243 e. The molecule has 9 heterocycles. The molecule has 0 spiro atoms. The van der Waals surface area contributed by atoms with Gasteiger partial charge in [-0.2, -0.15) is 135 Å². The molecule has 0 bridgehead atoms. The van der Waals surface area contributed by atoms with E-state index in [9.17, 15) is 29.4 Å². The van der Waals surface area contributed by atoms with Crippen molar-refractivity contribution in [2.45, 2.75) is 211 Å². The van der Waals surface area contributed by atoms with Crippen molar-refractivity contribution in [3.05, 3.63) is 167 Å². The summed E-state index contributed by atoms with van der Waals surface area (Å²) in [7, 11) is 0. The van der Waals surface area contributed by atoms with E-state index in [1.54, 1.807) is 44.9 Å². The number of aryl methyl sites for hydroxylation is 2. The molecule has 33 heteroatoms. The fraction of sp³-hybridized carbons (Fsp3) is 0.500. The number of hydrogen-bond acceptors (Lipinski definition) is 18. The lowest BCUT2D eigenvalue weighted by molar-refractivity contribution is -0.145. The summed E-state index contributed by atoms with van der Waals surface area (Å²) in [6.07, 6.45) is 7.99. The second kappa shape index (κ2) is 56.7. The highest BCUT2D eigenvalue weighted by atomic mass is 32.1. The molecule has 0 saturated carbocycles. The van der Waals surface area contributed by atoms with E-state index in [0.717, 1.165) is 142 Å². The Labute approximate surface area is 798 Å². The van der Waals surface area contributed by atoms with Crippen LogP contribution in [-0.4, -0.2) is 177 Å². The van der Waals surface area contributed by atoms with Crippen LogP contribution in [0.3, 0.4) is 0 Å². The number of anilines is 2. The van der Waals surface area contributed by atoms with E-state index in [0.29, 0.717) is 24.7 Å². The molecule has 10 atom stereocenters. The minimum Gasteiger partial charge on any atom is -0.391 e. The number of nitrogens with zero attached hydrogens (tertiary/aromatic N) is 10. The maximum Gasteiger partial charge on any atom is 0.243 e. The van der Waals surface area contributed by atoms with E-state index in [-0.39, 0.29) is 231 Å². The van der Waals surface area contributed by atoms with E-state index in [1.165, 1.54) is 0 Å². The van der Waals surface area contributed by atoms with Crippen molar-refractivity contribution < 1.29 is 29.4 Å². The predicted octanol–water partition coefficient (Wildman–Crippen LogP) is 17.4. The number of benzene rings is 4. The Morgan fingerprint density at radius 3 is 1.27 bits per heavy atom. The van der Waals surface area contributed by atoms with Gasteiger partial charge in [0.25, 0.3) is 0 Å². The maximum absolute atomic E-state index is 14.4. The van der Waals surface area contributed by atoms with Crippen molar-refractivity contribution in [2.24, 2.45) is 22.7 Å². The summed E-state index contributed by atoms with van der Waals surface area (Å²) in [6.45, 7) is 37.9. The van der Waals surface area contributed by atoms with Crippen molar-refractivity contribution in [1.29, 1.82) is 0 Å². The van der Waals surface area contributed by atoms with Crippen LogP contribution in [-0.2, 0) is 19.2 Å². The highest BCUT2D eigenvalue weighted by Crippen LogP contribution is 2.38. The molecular formula is C88H141N15O6S12. The summed E-state index contributed by atoms with van der Waals surface area (Å²) in [5.74, 6) is 0.0173. The van der Waals surface area contributed by atoms with Crippen molar-refractivity contribution in [2.75, 3.05) is 63.0 Å². The SMILES string of the molecule is CC.CC.CC.Cc1ncsc1-c1ccc([C@H](C)NC(=O)[C@@H]2C[C@H](O)CN2C(=O)[C@@H](CCN2CCC[C@H](Nc3nccc(-c4cc5ccccc5[nH]4)n3)C2)C(C)(C)C)cc1.Cc1ncsc1-c1ccc([C@H](C)NC(=O)[C@@H]2C[C@H](O)CN2C(=O)[C@@H](CCN2CCC[C@H](Nc3nccc(-c4ccccc4)n3)C2)C(C)(C)C)cc1.S.S.S.S.S.S.S.S.S.S. The van der Waals surface area contributed by atoms with Crippen LogP contribution in [0.4, 0.5) is 11.9 Å². The lowest BCUT2D eigenvalue weighted by atomic mass is 9.77. The fourth-order valence-corrected chi connectivity index (χ4v) is 17.0. The fourth-order valence-electron chi connectivity index (χ4n) is 15.4. The van der Waals surface area contributed by atoms with Gasteiger partial charge in [0, 0.05) is 91.8 Å². The number of likely N-dealkylation sites (tertiary alicyclic amines) is 4. The van der Waals surface area contributed by atoms with Gasteiger partial charge in [-0.3, -0.25) is 19.2 Å². The predicted molar refractivity (Wildman–Crippen MR) is 556 cm³/mol. The highest BCUT2D eigenvalue weighted by molar-refractivity contribution is 7.60. The summed E-state index contributed by atoms with van der Waals surface area (Å²) in [5, 5.41) is 36.0. The Kier molecular flexibility index (Phi) is 55.1. The normalized spacial score (nSPS) is 18.1. The number of H-pyrrole nitrogens is 1. The first-order valence-electron chi connectivity index (χ1n) is 40.2. The Hall–Kier alpha value is -5.34. The highest BCUT2D eigenvalue weighted by Gasteiger charge is 2.46. The molecule has 13 rings (SSSR count). The van der Waals surface area contributed by atoms with Gasteiger partial charge in [0.05, 0.1) is 73.5 Å². The minimum absolute atomic E-state index is 0. The largest absolute Gasteiger partial charge is 0.391 e. The van der Waals surface area contributed by atoms with Crippen LogP contribution >= 0.6 is 158 Å². The third-order valence-electron chi connectivity index (χ3n) is 21.3. The van der Waals surface area contributed by atoms with Crippen LogP contribution in [0.2, 0.25) is 0 Å². The standard InChI is InChI=1S/C42H52N8O3S.C40H51N7O3S.3C2H6.10H2S/c1-26(28-12-14-29(15-13-28)38-27(2)44-25-54-38)45-39(52)37-22-32(51)24-50(37)40(53)33(42(3,4)5)17-20-49-19-8-10-31(23-49)46-41-43-18-16-35(48-41)36-21-30-9-6-7-11-34(30)47-36;1-26(28-13-15-30(16-14-28)36-27(2)42-25-51-36)43-37(49)35-22-32(48)24-47(35)38(50)33(40(3,4)5)18-21-46-20-9-12-31(23-46)44-39-41-19-17-34(45-39)29-10-7-6-8-11-29;3*1-2;;;;;;;;;;/h6-7,9,11-16,18,21,25-26,31-33,37,47,51H,8,10,17,19-20,22-24H2,1-5H3,(H,45,52)(H,43,46,48);6-8,10-11,13-17,19,25-26,31-33,35,48H,9,12,18,20-24H2,1-5H3,(H,43,49)(H,41,44,45);3*1-2H3;10*1H2/t26-,31-,32-,33+,37-;26-,31-,32-,33+,35-;;;;;;;;;;;;;/m00............./s1. The monoisotopic (exact) mass is 1890 g/mol. The third-order valence-corrected chi connectivity index (χ3v) is 23.3. The molecule has 5 aromatic heterocycles. The number of amides is 4. The van der Waals surface area contributed by atoms with Crippen LogP contribution in [0.25, 0.3) is 54.4 Å². The van der Waals surface area contributed by atoms with Gasteiger partial charge in [-0.05, 0) is 150 Å². The van der Waals surface area contributed by atoms with Gasteiger partial charge in [-0.25, -0.2) is 29.9 Å². The molecule has 0 radical (unpaired) electrons. The number of aliphatic hydroxyl groups is 2. The van der Waals surface area contributed by atoms with Gasteiger partial charge >= 0.3 is 0 Å². The number of aliphatic hydroxyl groups excluding tert-OH is 2. The van der Waals surface area contributed by atoms with Crippen molar-refractivity contribution in [1.82, 2.24) is 65.1 Å². The van der Waals surface area contributed by atoms with Crippen molar-refractivity contribution >= 4 is 204 Å². The van der Waals surface area contributed by atoms with Crippen molar-refractivity contribution in [3.63, 3.8) is 0 Å².